The number of anilines is 1. The Hall–Kier alpha value is -4.28. The van der Waals surface area contributed by atoms with Crippen LogP contribution in [0.1, 0.15) is 16.1 Å². The molecule has 32 heavy (non-hydrogen) atoms. The molecule has 0 atom stereocenters. The smallest absolute Gasteiger partial charge is 0.260 e. The Labute approximate surface area is 183 Å². The molecule has 11 heteroatoms. The van der Waals surface area contributed by atoms with Gasteiger partial charge in [-0.2, -0.15) is 10.2 Å². The zero-order valence-corrected chi connectivity index (χ0v) is 17.5. The van der Waals surface area contributed by atoms with Crippen LogP contribution < -0.4 is 14.4 Å². The SMILES string of the molecule is COc1cc(-c2ccc3c(n2)CN(c2cnn(CCn4cncn4)c2)C3=O)cnc1OC. The number of hydrogen-bond acceptors (Lipinski definition) is 8. The summed E-state index contributed by atoms with van der Waals surface area (Å²) in [4.78, 5) is 27.5. The van der Waals surface area contributed by atoms with Gasteiger partial charge in [-0.1, -0.05) is 0 Å². The van der Waals surface area contributed by atoms with E-state index in [4.69, 9.17) is 14.5 Å². The molecule has 0 spiro atoms. The summed E-state index contributed by atoms with van der Waals surface area (Å²) in [6.45, 7) is 1.63. The summed E-state index contributed by atoms with van der Waals surface area (Å²) in [6.07, 6.45) is 8.35. The Morgan fingerprint density at radius 2 is 1.94 bits per heavy atom. The molecule has 0 aliphatic carbocycles. The number of hydrogen-bond donors (Lipinski definition) is 0. The van der Waals surface area contributed by atoms with E-state index in [1.54, 1.807) is 46.2 Å². The number of carbonyl (C=O) groups is 1. The van der Waals surface area contributed by atoms with Crippen LogP contribution >= 0.6 is 0 Å². The fourth-order valence-electron chi connectivity index (χ4n) is 3.59. The average molecular weight is 432 g/mol. The monoisotopic (exact) mass is 432 g/mol. The van der Waals surface area contributed by atoms with Gasteiger partial charge in [0, 0.05) is 18.0 Å². The number of aryl methyl sites for hydroxylation is 2. The second kappa shape index (κ2) is 8.10. The first-order valence-corrected chi connectivity index (χ1v) is 9.91. The highest BCUT2D eigenvalue weighted by atomic mass is 16.5. The molecular weight excluding hydrogens is 412 g/mol. The Morgan fingerprint density at radius 1 is 1.06 bits per heavy atom. The molecule has 5 heterocycles. The van der Waals surface area contributed by atoms with E-state index < -0.39 is 0 Å². The van der Waals surface area contributed by atoms with Crippen LogP contribution in [0.2, 0.25) is 0 Å². The fourth-order valence-corrected chi connectivity index (χ4v) is 3.59. The van der Waals surface area contributed by atoms with Crippen LogP contribution in [0.3, 0.4) is 0 Å². The summed E-state index contributed by atoms with van der Waals surface area (Å²) in [5.74, 6) is 0.822. The van der Waals surface area contributed by atoms with E-state index in [1.807, 2.05) is 18.3 Å². The van der Waals surface area contributed by atoms with E-state index in [0.29, 0.717) is 48.2 Å². The summed E-state index contributed by atoms with van der Waals surface area (Å²) in [5.41, 5.74) is 3.49. The lowest BCUT2D eigenvalue weighted by Crippen LogP contribution is -2.22. The van der Waals surface area contributed by atoms with Crippen molar-refractivity contribution in [2.75, 3.05) is 19.1 Å². The molecule has 0 unspecified atom stereocenters. The summed E-state index contributed by atoms with van der Waals surface area (Å²) in [7, 11) is 3.09. The van der Waals surface area contributed by atoms with Gasteiger partial charge in [-0.05, 0) is 18.2 Å². The molecule has 1 aliphatic rings. The largest absolute Gasteiger partial charge is 0.491 e. The van der Waals surface area contributed by atoms with Crippen LogP contribution in [0.15, 0.2) is 49.4 Å². The highest BCUT2D eigenvalue weighted by Gasteiger charge is 2.31. The molecular formula is C21H20N8O3. The topological polar surface area (TPSA) is 113 Å². The predicted octanol–water partition coefficient (Wildman–Crippen LogP) is 1.81. The zero-order valence-electron chi connectivity index (χ0n) is 17.5. The summed E-state index contributed by atoms with van der Waals surface area (Å²) >= 11 is 0. The van der Waals surface area contributed by atoms with Crippen molar-refractivity contribution < 1.29 is 14.3 Å². The number of carbonyl (C=O) groups excluding carboxylic acids is 1. The van der Waals surface area contributed by atoms with Gasteiger partial charge >= 0.3 is 0 Å². The standard InChI is InChI=1S/C21H20N8O3/c1-31-19-7-14(8-23-20(19)32-2)17-4-3-16-18(26-17)11-29(21(16)30)15-9-24-27(10-15)5-6-28-13-22-12-25-28/h3-4,7-10,12-13H,5-6,11H2,1-2H3. The van der Waals surface area contributed by atoms with Gasteiger partial charge in [0.15, 0.2) is 5.75 Å². The first kappa shape index (κ1) is 19.7. The molecule has 0 radical (unpaired) electrons. The van der Waals surface area contributed by atoms with Crippen LogP contribution in [0.25, 0.3) is 11.3 Å². The van der Waals surface area contributed by atoms with Crippen molar-refractivity contribution in [2.24, 2.45) is 0 Å². The highest BCUT2D eigenvalue weighted by Crippen LogP contribution is 2.32. The van der Waals surface area contributed by atoms with Crippen molar-refractivity contribution in [3.05, 3.63) is 60.7 Å². The molecule has 1 amide bonds. The molecule has 5 rings (SSSR count). The van der Waals surface area contributed by atoms with Gasteiger partial charge in [0.1, 0.15) is 12.7 Å². The number of rotatable bonds is 7. The van der Waals surface area contributed by atoms with Crippen LogP contribution in [-0.2, 0) is 19.6 Å². The number of pyridine rings is 2. The van der Waals surface area contributed by atoms with Crippen molar-refractivity contribution in [2.45, 2.75) is 19.6 Å². The number of nitrogens with zero attached hydrogens (tertiary/aromatic N) is 8. The third kappa shape index (κ3) is 3.53. The Balaban J connectivity index is 1.35. The van der Waals surface area contributed by atoms with Gasteiger partial charge in [0.2, 0.25) is 0 Å². The van der Waals surface area contributed by atoms with Crippen molar-refractivity contribution in [1.82, 2.24) is 34.5 Å². The molecule has 0 saturated carbocycles. The number of amides is 1. The molecule has 4 aromatic rings. The number of fused-ring (bicyclic) bond motifs is 1. The van der Waals surface area contributed by atoms with Crippen LogP contribution in [0, 0.1) is 0 Å². The zero-order chi connectivity index (χ0) is 22.1. The second-order valence-electron chi connectivity index (χ2n) is 7.14. The van der Waals surface area contributed by atoms with Gasteiger partial charge in [0.25, 0.3) is 11.8 Å². The minimum atomic E-state index is -0.0969. The van der Waals surface area contributed by atoms with Gasteiger partial charge < -0.3 is 9.47 Å². The number of methoxy groups -OCH3 is 2. The summed E-state index contributed by atoms with van der Waals surface area (Å²) < 4.78 is 14.0. The van der Waals surface area contributed by atoms with E-state index in [0.717, 1.165) is 11.3 Å². The van der Waals surface area contributed by atoms with Crippen molar-refractivity contribution >= 4 is 11.6 Å². The van der Waals surface area contributed by atoms with Gasteiger partial charge in [0.05, 0.1) is 62.7 Å². The molecule has 0 aromatic carbocycles. The molecule has 1 aliphatic heterocycles. The molecule has 0 saturated heterocycles. The van der Waals surface area contributed by atoms with Crippen molar-refractivity contribution in [3.63, 3.8) is 0 Å². The Kier molecular flexibility index (Phi) is 4.98. The van der Waals surface area contributed by atoms with Gasteiger partial charge in [-0.25, -0.2) is 9.97 Å². The minimum absolute atomic E-state index is 0.0969. The fraction of sp³-hybridized carbons (Fsp3) is 0.238. The van der Waals surface area contributed by atoms with E-state index in [-0.39, 0.29) is 5.91 Å². The maximum Gasteiger partial charge on any atom is 0.260 e. The van der Waals surface area contributed by atoms with Crippen LogP contribution in [0.4, 0.5) is 5.69 Å². The lowest BCUT2D eigenvalue weighted by atomic mass is 10.1. The van der Waals surface area contributed by atoms with Crippen LogP contribution in [0.5, 0.6) is 11.6 Å². The van der Waals surface area contributed by atoms with Crippen molar-refractivity contribution in [1.29, 1.82) is 0 Å². The summed E-state index contributed by atoms with van der Waals surface area (Å²) in [5, 5.41) is 8.45. The average Bonchev–Trinajstić information content (AvgIpc) is 3.57. The van der Waals surface area contributed by atoms with Crippen LogP contribution in [-0.4, -0.2) is 54.6 Å². The first-order valence-electron chi connectivity index (χ1n) is 9.91. The maximum atomic E-state index is 13.0. The lowest BCUT2D eigenvalue weighted by Gasteiger charge is -2.11. The Morgan fingerprint density at radius 3 is 2.72 bits per heavy atom. The lowest BCUT2D eigenvalue weighted by molar-refractivity contribution is 0.0996. The van der Waals surface area contributed by atoms with E-state index in [9.17, 15) is 4.79 Å². The molecule has 162 valence electrons. The Bertz CT molecular complexity index is 1270. The third-order valence-corrected chi connectivity index (χ3v) is 5.24. The normalized spacial score (nSPS) is 12.8. The quantitative estimate of drug-likeness (QED) is 0.435. The molecule has 11 nitrogen and oxygen atoms in total. The number of ether oxygens (including phenoxy) is 2. The second-order valence-corrected chi connectivity index (χ2v) is 7.14. The van der Waals surface area contributed by atoms with Crippen molar-refractivity contribution in [3.8, 4) is 22.9 Å². The third-order valence-electron chi connectivity index (χ3n) is 5.24. The van der Waals surface area contributed by atoms with E-state index >= 15 is 0 Å². The first-order chi connectivity index (χ1) is 15.7. The van der Waals surface area contributed by atoms with E-state index in [2.05, 4.69) is 20.2 Å². The highest BCUT2D eigenvalue weighted by molar-refractivity contribution is 6.09. The van der Waals surface area contributed by atoms with E-state index in [1.165, 1.54) is 13.4 Å². The molecule has 4 aromatic heterocycles. The molecule has 0 fully saturated rings. The van der Waals surface area contributed by atoms with Gasteiger partial charge in [-0.3, -0.25) is 24.0 Å². The summed E-state index contributed by atoms with van der Waals surface area (Å²) in [6, 6.07) is 5.42. The van der Waals surface area contributed by atoms with Gasteiger partial charge in [-0.15, -0.1) is 0 Å². The molecule has 0 bridgehead atoms. The molecule has 0 N–H and O–H groups in total. The number of aromatic nitrogens is 7. The maximum absolute atomic E-state index is 13.0. The minimum Gasteiger partial charge on any atom is -0.491 e. The predicted molar refractivity (Wildman–Crippen MR) is 113 cm³/mol.